The Morgan fingerprint density at radius 2 is 1.83 bits per heavy atom. The molecule has 1 amide bonds. The highest BCUT2D eigenvalue weighted by Crippen LogP contribution is 2.50. The molecule has 1 aliphatic heterocycles. The summed E-state index contributed by atoms with van der Waals surface area (Å²) in [6.45, 7) is 6.95. The molecule has 1 saturated heterocycles. The first-order chi connectivity index (χ1) is 22.6. The van der Waals surface area contributed by atoms with Crippen LogP contribution in [0.5, 0.6) is 0 Å². The van der Waals surface area contributed by atoms with Crippen LogP contribution in [0, 0.1) is 6.92 Å². The van der Waals surface area contributed by atoms with Gasteiger partial charge in [-0.15, -0.1) is 11.3 Å². The number of aldehydes is 2. The number of hydrogen-bond donors (Lipinski definition) is 3. The molecule has 0 radical (unpaired) electrons. The number of nitrogens with two attached hydrogens (primary N) is 1. The second-order valence-corrected chi connectivity index (χ2v) is 11.8. The maximum atomic E-state index is 14.3. The van der Waals surface area contributed by atoms with E-state index < -0.39 is 11.8 Å². The van der Waals surface area contributed by atoms with E-state index in [0.717, 1.165) is 25.8 Å². The molecule has 0 spiro atoms. The molecule has 2 heterocycles. The first-order valence-electron chi connectivity index (χ1n) is 15.2. The van der Waals surface area contributed by atoms with Gasteiger partial charge in [0.1, 0.15) is 12.6 Å². The number of nitrogens with zero attached hydrogens (tertiary/aromatic N) is 1. The van der Waals surface area contributed by atoms with Crippen molar-refractivity contribution in [3.05, 3.63) is 93.3 Å². The third-order valence-electron chi connectivity index (χ3n) is 7.21. The number of thiophene rings is 1. The van der Waals surface area contributed by atoms with Crippen molar-refractivity contribution in [2.45, 2.75) is 44.9 Å². The molecule has 0 bridgehead atoms. The van der Waals surface area contributed by atoms with E-state index in [1.165, 1.54) is 40.9 Å². The van der Waals surface area contributed by atoms with Crippen molar-refractivity contribution in [2.24, 2.45) is 5.73 Å². The fraction of sp³-hybridized carbons (Fsp3) is 0.400. The lowest BCUT2D eigenvalue weighted by Gasteiger charge is -2.12. The number of carbonyl (C=O) groups excluding carboxylic acids is 3. The number of carbonyl (C=O) groups is 3. The van der Waals surface area contributed by atoms with Crippen LogP contribution in [0.25, 0.3) is 11.1 Å². The smallest absolute Gasteiger partial charge is 0.299 e. The molecule has 0 saturated carbocycles. The summed E-state index contributed by atoms with van der Waals surface area (Å²) in [7, 11) is 5.56. The molecule has 2 aromatic carbocycles. The Morgan fingerprint density at radius 3 is 2.40 bits per heavy atom. The van der Waals surface area contributed by atoms with Crippen molar-refractivity contribution in [2.75, 3.05) is 47.5 Å². The molecule has 47 heavy (non-hydrogen) atoms. The van der Waals surface area contributed by atoms with Gasteiger partial charge in [0, 0.05) is 41.8 Å². The van der Waals surface area contributed by atoms with Gasteiger partial charge in [-0.1, -0.05) is 36.4 Å². The fourth-order valence-corrected chi connectivity index (χ4v) is 5.76. The number of ether oxygens (including phenoxy) is 2. The lowest BCUT2D eigenvalue weighted by molar-refractivity contribution is -0.111. The van der Waals surface area contributed by atoms with E-state index in [0.29, 0.717) is 30.6 Å². The molecule has 2 atom stereocenters. The second kappa shape index (κ2) is 20.4. The second-order valence-electron chi connectivity index (χ2n) is 10.8. The van der Waals surface area contributed by atoms with E-state index in [9.17, 15) is 23.2 Å². The summed E-state index contributed by atoms with van der Waals surface area (Å²) >= 11 is 1.81. The van der Waals surface area contributed by atoms with Crippen LogP contribution in [-0.2, 0) is 31.5 Å². The molecular formula is C35H46F2N4O5S. The standard InChI is InChI=1S/C16H11F2NO2.C9H17NO3.C7H11NS.C3H7N/c17-16(18)13-4-2-1-3-11(13)12-9-10(5-6-14(12)16)15(21)19-7-8-20;1-10-6-9(5-8(10)7-11)13-4-3-12-2;1-6-3-7(4-8-2)9-5-6;1-2-3-4/h1-6,8-9H,7H2,(H,19,21);7-9H,3-6H2,1-2H3;3,5,8H,4H2,1-2H3;2-3H,4H2,1H3/b;;;3-2+. The monoisotopic (exact) mass is 672 g/mol. The summed E-state index contributed by atoms with van der Waals surface area (Å²) in [6, 6.07) is 12.6. The van der Waals surface area contributed by atoms with Crippen LogP contribution < -0.4 is 16.4 Å². The zero-order chi connectivity index (χ0) is 34.8. The highest BCUT2D eigenvalue weighted by molar-refractivity contribution is 7.10. The minimum absolute atomic E-state index is 0.0348. The fourth-order valence-electron chi connectivity index (χ4n) is 4.87. The molecule has 9 nitrogen and oxygen atoms in total. The third-order valence-corrected chi connectivity index (χ3v) is 8.26. The Hall–Kier alpha value is -3.81. The van der Waals surface area contributed by atoms with Crippen LogP contribution in [0.2, 0.25) is 0 Å². The van der Waals surface area contributed by atoms with Gasteiger partial charge in [-0.05, 0) is 80.8 Å². The molecule has 5 rings (SSSR count). The summed E-state index contributed by atoms with van der Waals surface area (Å²) in [4.78, 5) is 36.1. The van der Waals surface area contributed by atoms with Gasteiger partial charge in [0.2, 0.25) is 0 Å². The third kappa shape index (κ3) is 11.7. The number of allylic oxidation sites excluding steroid dienone is 1. The lowest BCUT2D eigenvalue weighted by atomic mass is 10.0. The van der Waals surface area contributed by atoms with Crippen LogP contribution in [0.1, 0.15) is 45.3 Å². The predicted octanol–water partition coefficient (Wildman–Crippen LogP) is 4.91. The maximum Gasteiger partial charge on any atom is 0.299 e. The summed E-state index contributed by atoms with van der Waals surface area (Å²) < 4.78 is 39.0. The van der Waals surface area contributed by atoms with E-state index >= 15 is 0 Å². The molecule has 12 heteroatoms. The molecular weight excluding hydrogens is 626 g/mol. The normalized spacial score (nSPS) is 17.2. The number of likely N-dealkylation sites (tertiary alicyclic amines) is 1. The number of methoxy groups -OCH3 is 1. The number of hydrogen-bond acceptors (Lipinski definition) is 9. The summed E-state index contributed by atoms with van der Waals surface area (Å²) in [5.41, 5.74) is 7.10. The van der Waals surface area contributed by atoms with Crippen molar-refractivity contribution in [3.63, 3.8) is 0 Å². The number of fused-ring (bicyclic) bond motifs is 3. The van der Waals surface area contributed by atoms with E-state index in [-0.39, 0.29) is 35.4 Å². The highest BCUT2D eigenvalue weighted by atomic mass is 32.1. The van der Waals surface area contributed by atoms with Crippen LogP contribution >= 0.6 is 11.3 Å². The number of nitrogens with one attached hydrogen (secondary N) is 2. The summed E-state index contributed by atoms with van der Waals surface area (Å²) in [5.74, 6) is -3.51. The number of aryl methyl sites for hydroxylation is 1. The van der Waals surface area contributed by atoms with Crippen LogP contribution in [0.3, 0.4) is 0 Å². The van der Waals surface area contributed by atoms with Crippen molar-refractivity contribution in [1.29, 1.82) is 0 Å². The minimum atomic E-state index is -3.05. The van der Waals surface area contributed by atoms with Gasteiger partial charge < -0.3 is 35.4 Å². The Bertz CT molecular complexity index is 1440. The van der Waals surface area contributed by atoms with Gasteiger partial charge in [0.15, 0.2) is 0 Å². The van der Waals surface area contributed by atoms with Gasteiger partial charge in [-0.25, -0.2) is 0 Å². The SMILES string of the molecule is C/C=C/N.CNCc1cc(C)cs1.COCCOC1CC(C=O)N(C)C1.O=CCNC(=O)c1ccc2c(c1)-c1ccccc1C2(F)F. The predicted molar refractivity (Wildman–Crippen MR) is 183 cm³/mol. The minimum Gasteiger partial charge on any atom is -0.405 e. The lowest BCUT2D eigenvalue weighted by Crippen LogP contribution is -2.26. The molecule has 3 aromatic rings. The van der Waals surface area contributed by atoms with Gasteiger partial charge in [0.05, 0.1) is 31.9 Å². The van der Waals surface area contributed by atoms with Crippen molar-refractivity contribution in [1.82, 2.24) is 15.5 Å². The molecule has 1 aliphatic carbocycles. The Balaban J connectivity index is 0.000000252. The van der Waals surface area contributed by atoms with Gasteiger partial charge >= 0.3 is 0 Å². The van der Waals surface area contributed by atoms with Crippen LogP contribution in [0.4, 0.5) is 8.78 Å². The Kier molecular flexibility index (Phi) is 17.1. The van der Waals surface area contributed by atoms with E-state index in [4.69, 9.17) is 15.2 Å². The topological polar surface area (TPSA) is 123 Å². The van der Waals surface area contributed by atoms with Crippen LogP contribution in [-0.4, -0.2) is 83.0 Å². The molecule has 1 fully saturated rings. The van der Waals surface area contributed by atoms with Gasteiger partial charge in [-0.3, -0.25) is 9.69 Å². The van der Waals surface area contributed by atoms with E-state index in [2.05, 4.69) is 29.0 Å². The number of halogens is 2. The largest absolute Gasteiger partial charge is 0.405 e. The number of alkyl halides is 2. The molecule has 256 valence electrons. The first kappa shape index (κ1) is 39.4. The molecule has 2 unspecified atom stereocenters. The Labute approximate surface area is 280 Å². The zero-order valence-electron chi connectivity index (χ0n) is 27.6. The van der Waals surface area contributed by atoms with Crippen molar-refractivity contribution in [3.8, 4) is 11.1 Å². The van der Waals surface area contributed by atoms with Crippen molar-refractivity contribution >= 4 is 29.8 Å². The van der Waals surface area contributed by atoms with Gasteiger partial charge in [-0.2, -0.15) is 8.78 Å². The van der Waals surface area contributed by atoms with Crippen molar-refractivity contribution < 1.29 is 32.6 Å². The van der Waals surface area contributed by atoms with Gasteiger partial charge in [0.25, 0.3) is 11.8 Å². The molecule has 1 aromatic heterocycles. The highest BCUT2D eigenvalue weighted by Gasteiger charge is 2.44. The number of likely N-dealkylation sites (N-methyl/N-ethyl adjacent to an activating group) is 1. The summed E-state index contributed by atoms with van der Waals surface area (Å²) in [6.07, 6.45) is 5.83. The zero-order valence-corrected chi connectivity index (χ0v) is 28.4. The van der Waals surface area contributed by atoms with E-state index in [1.54, 1.807) is 31.4 Å². The Morgan fingerprint density at radius 1 is 1.13 bits per heavy atom. The molecule has 2 aliphatic rings. The van der Waals surface area contributed by atoms with E-state index in [1.807, 2.05) is 37.3 Å². The average molecular weight is 673 g/mol. The summed E-state index contributed by atoms with van der Waals surface area (Å²) in [5, 5.41) is 7.67. The first-order valence-corrected chi connectivity index (χ1v) is 16.1. The number of benzene rings is 2. The quantitative estimate of drug-likeness (QED) is 0.205. The number of amides is 1. The van der Waals surface area contributed by atoms with Crippen LogP contribution in [0.15, 0.2) is 66.2 Å². The maximum absolute atomic E-state index is 14.3. The number of rotatable bonds is 10. The molecule has 4 N–H and O–H groups in total. The average Bonchev–Trinajstić information content (AvgIpc) is 3.73.